The summed E-state index contributed by atoms with van der Waals surface area (Å²) < 4.78 is 1.51. The summed E-state index contributed by atoms with van der Waals surface area (Å²) in [4.78, 5) is 22.6. The summed E-state index contributed by atoms with van der Waals surface area (Å²) in [6.45, 7) is 0.332. The summed E-state index contributed by atoms with van der Waals surface area (Å²) in [5.41, 5.74) is 4.96. The number of aromatic nitrogens is 1. The van der Waals surface area contributed by atoms with Crippen molar-refractivity contribution >= 4 is 16.7 Å². The number of rotatable bonds is 3. The van der Waals surface area contributed by atoms with Gasteiger partial charge in [0.1, 0.15) is 0 Å². The van der Waals surface area contributed by atoms with E-state index >= 15 is 0 Å². The number of benzene rings is 1. The van der Waals surface area contributed by atoms with Crippen LogP contribution in [0.3, 0.4) is 0 Å². The third kappa shape index (κ3) is 1.95. The van der Waals surface area contributed by atoms with E-state index in [1.54, 1.807) is 12.3 Å². The molecule has 0 aliphatic rings. The molecule has 0 saturated carbocycles. The van der Waals surface area contributed by atoms with E-state index < -0.39 is 5.91 Å². The predicted molar refractivity (Wildman–Crippen MR) is 62.0 cm³/mol. The standard InChI is InChI=1S/C12H12N2O2/c13-11(15)6-8-14-7-5-9-3-1-2-4-10(9)12(14)16/h1-5,7H,6,8H2,(H2,13,15). The topological polar surface area (TPSA) is 65.1 Å². The van der Waals surface area contributed by atoms with Gasteiger partial charge in [0.15, 0.2) is 0 Å². The lowest BCUT2D eigenvalue weighted by molar-refractivity contribution is -0.118. The van der Waals surface area contributed by atoms with Crippen LogP contribution in [0.1, 0.15) is 6.42 Å². The quantitative estimate of drug-likeness (QED) is 0.827. The first kappa shape index (κ1) is 10.4. The fraction of sp³-hybridized carbons (Fsp3) is 0.167. The van der Waals surface area contributed by atoms with Crippen molar-refractivity contribution in [1.29, 1.82) is 0 Å². The molecule has 1 aromatic carbocycles. The van der Waals surface area contributed by atoms with E-state index in [2.05, 4.69) is 0 Å². The monoisotopic (exact) mass is 216 g/mol. The smallest absolute Gasteiger partial charge is 0.258 e. The van der Waals surface area contributed by atoms with Gasteiger partial charge in [-0.1, -0.05) is 18.2 Å². The molecule has 0 saturated heterocycles. The maximum absolute atomic E-state index is 12.0. The molecule has 4 heteroatoms. The van der Waals surface area contributed by atoms with Gasteiger partial charge in [-0.25, -0.2) is 0 Å². The molecule has 0 aliphatic heterocycles. The van der Waals surface area contributed by atoms with E-state index in [9.17, 15) is 9.59 Å². The third-order valence-corrected chi connectivity index (χ3v) is 2.49. The lowest BCUT2D eigenvalue weighted by Crippen LogP contribution is -2.22. The molecule has 0 fully saturated rings. The highest BCUT2D eigenvalue weighted by atomic mass is 16.1. The molecule has 0 unspecified atom stereocenters. The zero-order valence-electron chi connectivity index (χ0n) is 8.72. The minimum absolute atomic E-state index is 0.0839. The van der Waals surface area contributed by atoms with Gasteiger partial charge >= 0.3 is 0 Å². The zero-order valence-corrected chi connectivity index (χ0v) is 8.72. The Labute approximate surface area is 92.3 Å². The average molecular weight is 216 g/mol. The highest BCUT2D eigenvalue weighted by Gasteiger charge is 2.02. The van der Waals surface area contributed by atoms with Crippen LogP contribution in [0.5, 0.6) is 0 Å². The number of nitrogens with two attached hydrogens (primary N) is 1. The second-order valence-electron chi connectivity index (χ2n) is 3.62. The van der Waals surface area contributed by atoms with Gasteiger partial charge in [-0.2, -0.15) is 0 Å². The highest BCUT2D eigenvalue weighted by molar-refractivity contribution is 5.81. The maximum Gasteiger partial charge on any atom is 0.258 e. The van der Waals surface area contributed by atoms with Crippen LogP contribution in [0.15, 0.2) is 41.3 Å². The first-order chi connectivity index (χ1) is 7.68. The van der Waals surface area contributed by atoms with Crippen molar-refractivity contribution in [2.24, 2.45) is 5.73 Å². The molecule has 0 spiro atoms. The molecule has 2 rings (SSSR count). The van der Waals surface area contributed by atoms with Crippen LogP contribution in [0.2, 0.25) is 0 Å². The zero-order chi connectivity index (χ0) is 11.5. The number of carbonyl (C=O) groups is 1. The molecular formula is C12H12N2O2. The first-order valence-corrected chi connectivity index (χ1v) is 5.05. The van der Waals surface area contributed by atoms with Crippen molar-refractivity contribution in [2.45, 2.75) is 13.0 Å². The van der Waals surface area contributed by atoms with Crippen LogP contribution in [-0.4, -0.2) is 10.5 Å². The normalized spacial score (nSPS) is 10.5. The van der Waals surface area contributed by atoms with Crippen molar-refractivity contribution < 1.29 is 4.79 Å². The Bertz CT molecular complexity index is 587. The molecule has 1 heterocycles. The van der Waals surface area contributed by atoms with Crippen LogP contribution in [0.4, 0.5) is 0 Å². The van der Waals surface area contributed by atoms with Crippen molar-refractivity contribution in [1.82, 2.24) is 4.57 Å². The fourth-order valence-electron chi connectivity index (χ4n) is 1.64. The minimum Gasteiger partial charge on any atom is -0.370 e. The molecule has 0 bridgehead atoms. The number of amides is 1. The van der Waals surface area contributed by atoms with Gasteiger partial charge in [0.05, 0.1) is 0 Å². The number of carbonyl (C=O) groups excluding carboxylic acids is 1. The van der Waals surface area contributed by atoms with Crippen LogP contribution in [0.25, 0.3) is 10.8 Å². The van der Waals surface area contributed by atoms with E-state index in [0.717, 1.165) is 5.39 Å². The Kier molecular flexibility index (Phi) is 2.72. The van der Waals surface area contributed by atoms with Crippen molar-refractivity contribution in [2.75, 3.05) is 0 Å². The maximum atomic E-state index is 12.0. The Morgan fingerprint density at radius 3 is 2.75 bits per heavy atom. The van der Waals surface area contributed by atoms with Crippen LogP contribution >= 0.6 is 0 Å². The van der Waals surface area contributed by atoms with Crippen LogP contribution in [-0.2, 0) is 11.3 Å². The van der Waals surface area contributed by atoms with Gasteiger partial charge in [0.25, 0.3) is 5.56 Å². The van der Waals surface area contributed by atoms with E-state index in [-0.39, 0.29) is 12.0 Å². The summed E-state index contributed by atoms with van der Waals surface area (Å²) in [6.07, 6.45) is 1.87. The van der Waals surface area contributed by atoms with Gasteiger partial charge in [-0.15, -0.1) is 0 Å². The minimum atomic E-state index is -0.403. The Morgan fingerprint density at radius 2 is 2.00 bits per heavy atom. The van der Waals surface area contributed by atoms with E-state index in [0.29, 0.717) is 11.9 Å². The van der Waals surface area contributed by atoms with E-state index in [1.807, 2.05) is 24.3 Å². The SMILES string of the molecule is NC(=O)CCn1ccc2ccccc2c1=O. The molecule has 82 valence electrons. The predicted octanol–water partition coefficient (Wildman–Crippen LogP) is 0.877. The van der Waals surface area contributed by atoms with E-state index in [4.69, 9.17) is 5.73 Å². The Balaban J connectivity index is 2.45. The van der Waals surface area contributed by atoms with Crippen molar-refractivity contribution in [3.63, 3.8) is 0 Å². The second kappa shape index (κ2) is 4.18. The molecule has 1 amide bonds. The highest BCUT2D eigenvalue weighted by Crippen LogP contribution is 2.07. The largest absolute Gasteiger partial charge is 0.370 e. The number of hydrogen-bond acceptors (Lipinski definition) is 2. The lowest BCUT2D eigenvalue weighted by atomic mass is 10.2. The molecule has 1 aromatic heterocycles. The molecule has 4 nitrogen and oxygen atoms in total. The number of aryl methyl sites for hydroxylation is 1. The van der Waals surface area contributed by atoms with Gasteiger partial charge in [0.2, 0.25) is 5.91 Å². The van der Waals surface area contributed by atoms with Gasteiger partial charge in [0, 0.05) is 24.5 Å². The third-order valence-electron chi connectivity index (χ3n) is 2.49. The first-order valence-electron chi connectivity index (χ1n) is 5.05. The number of fused-ring (bicyclic) bond motifs is 1. The van der Waals surface area contributed by atoms with Gasteiger partial charge in [-0.3, -0.25) is 9.59 Å². The number of nitrogens with zero attached hydrogens (tertiary/aromatic N) is 1. The number of primary amides is 1. The number of hydrogen-bond donors (Lipinski definition) is 1. The summed E-state index contributed by atoms with van der Waals surface area (Å²) in [5, 5.41) is 1.57. The van der Waals surface area contributed by atoms with Crippen LogP contribution < -0.4 is 11.3 Å². The molecule has 2 aromatic rings. The number of pyridine rings is 1. The molecule has 2 N–H and O–H groups in total. The summed E-state index contributed by atoms with van der Waals surface area (Å²) in [5.74, 6) is -0.403. The van der Waals surface area contributed by atoms with Crippen molar-refractivity contribution in [3.05, 3.63) is 46.9 Å². The molecule has 16 heavy (non-hydrogen) atoms. The summed E-state index contributed by atoms with van der Waals surface area (Å²) in [6, 6.07) is 9.23. The fourth-order valence-corrected chi connectivity index (χ4v) is 1.64. The van der Waals surface area contributed by atoms with E-state index in [1.165, 1.54) is 4.57 Å². The van der Waals surface area contributed by atoms with Crippen LogP contribution in [0, 0.1) is 0 Å². The average Bonchev–Trinajstić information content (AvgIpc) is 2.28. The Morgan fingerprint density at radius 1 is 1.25 bits per heavy atom. The van der Waals surface area contributed by atoms with Gasteiger partial charge < -0.3 is 10.3 Å². The van der Waals surface area contributed by atoms with Crippen molar-refractivity contribution in [3.8, 4) is 0 Å². The van der Waals surface area contributed by atoms with Gasteiger partial charge in [-0.05, 0) is 17.5 Å². The molecule has 0 aliphatic carbocycles. The molecule has 0 radical (unpaired) electrons. The molecule has 0 atom stereocenters. The lowest BCUT2D eigenvalue weighted by Gasteiger charge is -2.05. The second-order valence-corrected chi connectivity index (χ2v) is 3.62. The summed E-state index contributed by atoms with van der Waals surface area (Å²) >= 11 is 0. The summed E-state index contributed by atoms with van der Waals surface area (Å²) in [7, 11) is 0. The Hall–Kier alpha value is -2.10. The molecular weight excluding hydrogens is 204 g/mol.